The quantitative estimate of drug-likeness (QED) is 0.588. The molecule has 2 radical (unpaired) electrons. The van der Waals surface area contributed by atoms with Crippen molar-refractivity contribution in [2.24, 2.45) is 7.05 Å². The summed E-state index contributed by atoms with van der Waals surface area (Å²) in [6.07, 6.45) is 11.6. The van der Waals surface area contributed by atoms with Crippen LogP contribution in [0.25, 0.3) is 0 Å². The maximum Gasteiger partial charge on any atom is 0.200 e. The predicted octanol–water partition coefficient (Wildman–Crippen LogP) is 3.00. The average Bonchev–Trinajstić information content (AvgIpc) is 2.48. The summed E-state index contributed by atoms with van der Waals surface area (Å²) in [4.78, 5) is 0. The van der Waals surface area contributed by atoms with Crippen LogP contribution < -0.4 is 9.13 Å². The minimum Gasteiger partial charge on any atom is -0.214 e. The molecule has 2 aromatic rings. The summed E-state index contributed by atoms with van der Waals surface area (Å²) in [6, 6.07) is 12.1. The first-order valence-electron chi connectivity index (χ1n) is 7.40. The molecule has 2 nitrogen and oxygen atoms in total. The minimum absolute atomic E-state index is 0. The predicted molar refractivity (Wildman–Crippen MR) is 86.5 cm³/mol. The van der Waals surface area contributed by atoms with Gasteiger partial charge < -0.3 is 0 Å². The molecule has 21 heavy (non-hydrogen) atoms. The summed E-state index contributed by atoms with van der Waals surface area (Å²) < 4.78 is 4.16. The Hall–Kier alpha value is -0.531. The molecule has 0 atom stereocenters. The molecule has 0 fully saturated rings. The van der Waals surface area contributed by atoms with E-state index in [1.54, 1.807) is 0 Å². The van der Waals surface area contributed by atoms with Gasteiger partial charge in [0.15, 0.2) is 24.8 Å². The number of rotatable bonds is 3. The standard InChI is InChI=1S/C8H12BN.C6H8N.C3H8.Y/c1-2-9-8-10-6-4-3-5-7-10;1-7-5-3-2-4-6-7;1-3-2;/h3-7H,2,8H2,1H3;2-6H,1H3;3H2,1-2H3;/q2*+1;;. The Labute approximate surface area is 156 Å². The zero-order valence-corrected chi connectivity index (χ0v) is 16.8. The van der Waals surface area contributed by atoms with Crippen LogP contribution in [0.1, 0.15) is 27.2 Å². The van der Waals surface area contributed by atoms with Gasteiger partial charge in [-0.1, -0.05) is 45.6 Å². The fourth-order valence-electron chi connectivity index (χ4n) is 1.32. The van der Waals surface area contributed by atoms with Gasteiger partial charge in [-0.3, -0.25) is 0 Å². The Morgan fingerprint density at radius 3 is 1.52 bits per heavy atom. The topological polar surface area (TPSA) is 7.76 Å². The smallest absolute Gasteiger partial charge is 0.200 e. The minimum atomic E-state index is 0. The van der Waals surface area contributed by atoms with Crippen LogP contribution in [-0.2, 0) is 46.2 Å². The number of aromatic nitrogens is 2. The van der Waals surface area contributed by atoms with E-state index in [9.17, 15) is 0 Å². The fourth-order valence-corrected chi connectivity index (χ4v) is 1.32. The van der Waals surface area contributed by atoms with E-state index in [1.807, 2.05) is 60.4 Å². The van der Waals surface area contributed by atoms with Gasteiger partial charge in [-0.2, -0.15) is 0 Å². The van der Waals surface area contributed by atoms with Crippen molar-refractivity contribution in [1.82, 2.24) is 0 Å². The van der Waals surface area contributed by atoms with E-state index in [2.05, 4.69) is 45.0 Å². The van der Waals surface area contributed by atoms with E-state index >= 15 is 0 Å². The normalized spacial score (nSPS) is 8.19. The second kappa shape index (κ2) is 17.5. The molecule has 2 heterocycles. The summed E-state index contributed by atoms with van der Waals surface area (Å²) in [6.45, 7) is 6.41. The molecule has 0 aliphatic carbocycles. The fraction of sp³-hybridized carbons (Fsp3) is 0.412. The molecule has 0 unspecified atom stereocenters. The van der Waals surface area contributed by atoms with E-state index < -0.39 is 0 Å². The molecule has 0 bridgehead atoms. The van der Waals surface area contributed by atoms with Crippen LogP contribution in [0.5, 0.6) is 0 Å². The summed E-state index contributed by atoms with van der Waals surface area (Å²) in [5.74, 6) is 0. The van der Waals surface area contributed by atoms with Crippen LogP contribution in [0.2, 0.25) is 6.32 Å². The van der Waals surface area contributed by atoms with Crippen molar-refractivity contribution >= 4 is 7.28 Å². The van der Waals surface area contributed by atoms with Gasteiger partial charge in [0.25, 0.3) is 0 Å². The molecule has 0 saturated heterocycles. The Balaban J connectivity index is 0. The van der Waals surface area contributed by atoms with Crippen molar-refractivity contribution in [1.29, 1.82) is 0 Å². The molecule has 0 aliphatic heterocycles. The summed E-state index contributed by atoms with van der Waals surface area (Å²) >= 11 is 0. The summed E-state index contributed by atoms with van der Waals surface area (Å²) in [5, 5.41) is 0. The third-order valence-electron chi connectivity index (χ3n) is 2.27. The van der Waals surface area contributed by atoms with Crippen molar-refractivity contribution < 1.29 is 41.8 Å². The molecule has 0 saturated carbocycles. The average molecular weight is 360 g/mol. The van der Waals surface area contributed by atoms with Gasteiger partial charge in [-0.05, 0) is 0 Å². The molecule has 110 valence electrons. The molecule has 0 amide bonds. The van der Waals surface area contributed by atoms with Gasteiger partial charge >= 0.3 is 0 Å². The van der Waals surface area contributed by atoms with Crippen molar-refractivity contribution in [2.45, 2.75) is 40.0 Å². The molecule has 0 aliphatic rings. The Morgan fingerprint density at radius 2 is 1.19 bits per heavy atom. The monoisotopic (exact) mass is 360 g/mol. The number of hydrogen-bond acceptors (Lipinski definition) is 0. The van der Waals surface area contributed by atoms with Crippen LogP contribution in [0.15, 0.2) is 61.2 Å². The Morgan fingerprint density at radius 1 is 0.762 bits per heavy atom. The van der Waals surface area contributed by atoms with Crippen LogP contribution in [0.3, 0.4) is 0 Å². The molecule has 2 aromatic heterocycles. The number of nitrogens with zero attached hydrogens (tertiary/aromatic N) is 2. The molecule has 4 heteroatoms. The maximum absolute atomic E-state index is 2.25. The number of pyridine rings is 2. The first kappa shape index (κ1) is 22.7. The van der Waals surface area contributed by atoms with Gasteiger partial charge in [0.1, 0.15) is 13.5 Å². The van der Waals surface area contributed by atoms with E-state index in [0.29, 0.717) is 0 Å². The maximum atomic E-state index is 2.25. The zero-order valence-electron chi connectivity index (χ0n) is 13.9. The molecule has 0 aromatic carbocycles. The first-order chi connectivity index (χ1) is 9.74. The second-order valence-corrected chi connectivity index (χ2v) is 4.52. The van der Waals surface area contributed by atoms with Crippen molar-refractivity contribution in [3.05, 3.63) is 61.2 Å². The van der Waals surface area contributed by atoms with Gasteiger partial charge in [-0.25, -0.2) is 9.13 Å². The van der Waals surface area contributed by atoms with Crippen LogP contribution in [0.4, 0.5) is 0 Å². The van der Waals surface area contributed by atoms with E-state index in [-0.39, 0.29) is 32.7 Å². The number of aryl methyl sites for hydroxylation is 1. The van der Waals surface area contributed by atoms with Crippen LogP contribution in [0, 0.1) is 0 Å². The molecular formula is C17H28BN2Y+2. The van der Waals surface area contributed by atoms with Crippen LogP contribution >= 0.6 is 0 Å². The first-order valence-corrected chi connectivity index (χ1v) is 7.40. The molecule has 2 rings (SSSR count). The van der Waals surface area contributed by atoms with Gasteiger partial charge in [0, 0.05) is 57.0 Å². The third-order valence-corrected chi connectivity index (χ3v) is 2.27. The number of hydrogen-bond donors (Lipinski definition) is 0. The largest absolute Gasteiger partial charge is 0.214 e. The second-order valence-electron chi connectivity index (χ2n) is 4.52. The SMILES string of the molecule is CCC.CC[B]C[n+]1ccccc1.C[n+]1ccccc1.[Y]. The van der Waals surface area contributed by atoms with Crippen molar-refractivity contribution in [2.75, 3.05) is 0 Å². The molecule has 0 spiro atoms. The van der Waals surface area contributed by atoms with Crippen molar-refractivity contribution in [3.63, 3.8) is 0 Å². The Bertz CT molecular complexity index is 410. The summed E-state index contributed by atoms with van der Waals surface area (Å²) in [7, 11) is 4.25. The van der Waals surface area contributed by atoms with Crippen LogP contribution in [-0.4, -0.2) is 7.28 Å². The summed E-state index contributed by atoms with van der Waals surface area (Å²) in [5.41, 5.74) is 0. The van der Waals surface area contributed by atoms with Crippen molar-refractivity contribution in [3.8, 4) is 0 Å². The third kappa shape index (κ3) is 15.7. The zero-order chi connectivity index (χ0) is 15.1. The molecule has 0 N–H and O–H groups in total. The Kier molecular flexibility index (Phi) is 19.0. The van der Waals surface area contributed by atoms with Gasteiger partial charge in [0.05, 0.1) is 0 Å². The molecular weight excluding hydrogens is 332 g/mol. The van der Waals surface area contributed by atoms with E-state index in [0.717, 1.165) is 12.8 Å². The van der Waals surface area contributed by atoms with E-state index in [1.165, 1.54) is 6.42 Å². The van der Waals surface area contributed by atoms with Gasteiger partial charge in [-0.15, -0.1) is 0 Å². The van der Waals surface area contributed by atoms with Gasteiger partial charge in [0.2, 0.25) is 7.28 Å². The van der Waals surface area contributed by atoms with E-state index in [4.69, 9.17) is 0 Å².